The molecular formula is C27H33ClN4O5. The van der Waals surface area contributed by atoms with E-state index in [1.54, 1.807) is 65.8 Å². The summed E-state index contributed by atoms with van der Waals surface area (Å²) in [5.41, 5.74) is 0.527. The first-order valence-corrected chi connectivity index (χ1v) is 12.1. The first-order chi connectivity index (χ1) is 17.2. The van der Waals surface area contributed by atoms with E-state index < -0.39 is 48.1 Å². The summed E-state index contributed by atoms with van der Waals surface area (Å²) in [5.74, 6) is -1.84. The molecule has 0 aliphatic carbocycles. The predicted molar refractivity (Wildman–Crippen MR) is 141 cm³/mol. The van der Waals surface area contributed by atoms with Crippen LogP contribution in [-0.4, -0.2) is 46.1 Å². The van der Waals surface area contributed by atoms with Crippen LogP contribution in [0.5, 0.6) is 5.75 Å². The van der Waals surface area contributed by atoms with Gasteiger partial charge in [0, 0.05) is 0 Å². The maximum absolute atomic E-state index is 13.8. The average molecular weight is 529 g/mol. The van der Waals surface area contributed by atoms with Crippen molar-refractivity contribution in [3.05, 3.63) is 58.6 Å². The molecule has 3 amide bonds. The number of alkyl carbamates (subject to hydrolysis) is 1. The molecule has 0 saturated heterocycles. The van der Waals surface area contributed by atoms with Crippen molar-refractivity contribution in [2.75, 3.05) is 11.9 Å². The van der Waals surface area contributed by atoms with Gasteiger partial charge in [0.2, 0.25) is 5.91 Å². The molecule has 0 aliphatic rings. The van der Waals surface area contributed by atoms with Gasteiger partial charge in [-0.25, -0.2) is 4.79 Å². The predicted octanol–water partition coefficient (Wildman–Crippen LogP) is 4.94. The summed E-state index contributed by atoms with van der Waals surface area (Å²) in [5, 5.41) is 25.3. The Kier molecular flexibility index (Phi) is 9.92. The number of carbonyl (C=O) groups is 3. The van der Waals surface area contributed by atoms with Gasteiger partial charge in [-0.3, -0.25) is 9.59 Å². The molecule has 2 aromatic rings. The molecule has 0 aromatic heterocycles. The van der Waals surface area contributed by atoms with Gasteiger partial charge in [0.05, 0.1) is 16.8 Å². The molecule has 10 heteroatoms. The minimum Gasteiger partial charge on any atom is -0.508 e. The first-order valence-electron chi connectivity index (χ1n) is 11.8. The highest BCUT2D eigenvalue weighted by molar-refractivity contribution is 6.34. The van der Waals surface area contributed by atoms with Crippen LogP contribution in [0.15, 0.2) is 42.5 Å². The lowest BCUT2D eigenvalue weighted by molar-refractivity contribution is -0.140. The maximum atomic E-state index is 13.8. The number of nitrogens with one attached hydrogen (secondary N) is 2. The second kappa shape index (κ2) is 12.5. The van der Waals surface area contributed by atoms with Crippen LogP contribution in [-0.2, 0) is 14.3 Å². The Bertz CT molecular complexity index is 1170. The summed E-state index contributed by atoms with van der Waals surface area (Å²) in [7, 11) is 0. The second-order valence-corrected chi connectivity index (χ2v) is 10.3. The van der Waals surface area contributed by atoms with E-state index in [1.807, 2.05) is 6.07 Å². The lowest BCUT2D eigenvalue weighted by Gasteiger charge is -2.34. The minimum absolute atomic E-state index is 0.124. The Morgan fingerprint density at radius 3 is 2.35 bits per heavy atom. The lowest BCUT2D eigenvalue weighted by Crippen LogP contribution is -2.54. The van der Waals surface area contributed by atoms with Crippen molar-refractivity contribution in [3.8, 4) is 11.8 Å². The fraction of sp³-hybridized carbons (Fsp3) is 0.407. The number of aromatic hydroxyl groups is 1. The lowest BCUT2D eigenvalue weighted by atomic mass is 9.98. The molecule has 2 atom stereocenters. The number of rotatable bonds is 8. The average Bonchev–Trinajstić information content (AvgIpc) is 2.78. The molecule has 198 valence electrons. The highest BCUT2D eigenvalue weighted by Crippen LogP contribution is 2.30. The Labute approximate surface area is 222 Å². The van der Waals surface area contributed by atoms with Gasteiger partial charge >= 0.3 is 6.09 Å². The number of nitriles is 1. The van der Waals surface area contributed by atoms with Gasteiger partial charge in [0.25, 0.3) is 5.91 Å². The molecule has 0 saturated carbocycles. The van der Waals surface area contributed by atoms with Crippen molar-refractivity contribution in [3.63, 3.8) is 0 Å². The van der Waals surface area contributed by atoms with Crippen LogP contribution < -0.4 is 10.6 Å². The SMILES string of the molecule is Cc1cccc(Cl)c1NC(=O)C(c1cccc(O)c1)N(CC#N)C(=O)C(NC(=O)OC(C)(C)C)C(C)C. The van der Waals surface area contributed by atoms with Gasteiger partial charge < -0.3 is 25.4 Å². The molecule has 2 unspecified atom stereocenters. The van der Waals surface area contributed by atoms with E-state index in [4.69, 9.17) is 16.3 Å². The quantitative estimate of drug-likeness (QED) is 0.416. The summed E-state index contributed by atoms with van der Waals surface area (Å²) in [4.78, 5) is 41.1. The number of ether oxygens (including phenoxy) is 1. The van der Waals surface area contributed by atoms with E-state index in [9.17, 15) is 24.8 Å². The van der Waals surface area contributed by atoms with Gasteiger partial charge in [-0.2, -0.15) is 5.26 Å². The van der Waals surface area contributed by atoms with Crippen molar-refractivity contribution in [1.82, 2.24) is 10.2 Å². The normalized spacial score (nSPS) is 12.7. The maximum Gasteiger partial charge on any atom is 0.408 e. The van der Waals surface area contributed by atoms with Gasteiger partial charge in [-0.15, -0.1) is 0 Å². The summed E-state index contributed by atoms with van der Waals surface area (Å²) in [6, 6.07) is 10.5. The smallest absolute Gasteiger partial charge is 0.408 e. The number of halogens is 1. The molecule has 0 aliphatic heterocycles. The fourth-order valence-corrected chi connectivity index (χ4v) is 3.92. The zero-order valence-corrected chi connectivity index (χ0v) is 22.6. The number of hydrogen-bond donors (Lipinski definition) is 3. The Balaban J connectivity index is 2.54. The summed E-state index contributed by atoms with van der Waals surface area (Å²) in [6.07, 6.45) is -0.804. The van der Waals surface area contributed by atoms with Crippen molar-refractivity contribution in [2.45, 2.75) is 59.2 Å². The number of hydrogen-bond acceptors (Lipinski definition) is 6. The van der Waals surface area contributed by atoms with Gasteiger partial charge in [0.1, 0.15) is 30.0 Å². The number of anilines is 1. The zero-order valence-electron chi connectivity index (χ0n) is 21.8. The molecule has 0 heterocycles. The van der Waals surface area contributed by atoms with Crippen LogP contribution in [0.1, 0.15) is 51.8 Å². The van der Waals surface area contributed by atoms with E-state index >= 15 is 0 Å². The molecule has 0 spiro atoms. The van der Waals surface area contributed by atoms with Crippen LogP contribution in [0, 0.1) is 24.2 Å². The van der Waals surface area contributed by atoms with Gasteiger partial charge in [0.15, 0.2) is 0 Å². The molecule has 37 heavy (non-hydrogen) atoms. The zero-order chi connectivity index (χ0) is 27.9. The summed E-state index contributed by atoms with van der Waals surface area (Å²) < 4.78 is 5.31. The molecule has 2 rings (SSSR count). The minimum atomic E-state index is -1.32. The molecule has 0 fully saturated rings. The summed E-state index contributed by atoms with van der Waals surface area (Å²) >= 11 is 6.31. The van der Waals surface area contributed by atoms with Crippen LogP contribution in [0.3, 0.4) is 0 Å². The van der Waals surface area contributed by atoms with Gasteiger partial charge in [-0.05, 0) is 62.9 Å². The third kappa shape index (κ3) is 8.12. The Hall–Kier alpha value is -3.77. The van der Waals surface area contributed by atoms with Crippen LogP contribution >= 0.6 is 11.6 Å². The molecular weight excluding hydrogens is 496 g/mol. The molecule has 0 radical (unpaired) electrons. The van der Waals surface area contributed by atoms with Gasteiger partial charge in [-0.1, -0.05) is 49.7 Å². The third-order valence-corrected chi connectivity index (χ3v) is 5.66. The van der Waals surface area contributed by atoms with Crippen LogP contribution in [0.4, 0.5) is 10.5 Å². The van der Waals surface area contributed by atoms with E-state index in [0.717, 1.165) is 4.90 Å². The Morgan fingerprint density at radius 2 is 1.81 bits per heavy atom. The fourth-order valence-electron chi connectivity index (χ4n) is 3.65. The van der Waals surface area contributed by atoms with Crippen molar-refractivity contribution in [2.24, 2.45) is 5.92 Å². The second-order valence-electron chi connectivity index (χ2n) is 9.91. The van der Waals surface area contributed by atoms with Crippen LogP contribution in [0.25, 0.3) is 0 Å². The van der Waals surface area contributed by atoms with E-state index in [-0.39, 0.29) is 11.3 Å². The number of phenols is 1. The number of nitrogens with zero attached hydrogens (tertiary/aromatic N) is 2. The van der Waals surface area contributed by atoms with Crippen molar-refractivity contribution < 1.29 is 24.2 Å². The van der Waals surface area contributed by atoms with E-state index in [2.05, 4.69) is 10.6 Å². The monoisotopic (exact) mass is 528 g/mol. The first kappa shape index (κ1) is 29.5. The van der Waals surface area contributed by atoms with Crippen molar-refractivity contribution in [1.29, 1.82) is 5.26 Å². The molecule has 2 aromatic carbocycles. The topological polar surface area (TPSA) is 132 Å². The highest BCUT2D eigenvalue weighted by Gasteiger charge is 2.38. The summed E-state index contributed by atoms with van der Waals surface area (Å²) in [6.45, 7) is 9.83. The number of amides is 3. The number of aryl methyl sites for hydroxylation is 1. The Morgan fingerprint density at radius 1 is 1.16 bits per heavy atom. The standard InChI is InChI=1S/C27H33ClN4O5/c1-16(2)21(31-26(36)37-27(4,5)6)25(35)32(14-13-29)23(18-10-8-11-19(33)15-18)24(34)30-22-17(3)9-7-12-20(22)28/h7-12,15-16,21,23,33H,14H2,1-6H3,(H,30,34)(H,31,36). The number of carbonyl (C=O) groups excluding carboxylic acids is 3. The largest absolute Gasteiger partial charge is 0.508 e. The highest BCUT2D eigenvalue weighted by atomic mass is 35.5. The number of para-hydroxylation sites is 1. The molecule has 9 nitrogen and oxygen atoms in total. The molecule has 3 N–H and O–H groups in total. The third-order valence-electron chi connectivity index (χ3n) is 5.35. The van der Waals surface area contributed by atoms with E-state index in [1.165, 1.54) is 18.2 Å². The van der Waals surface area contributed by atoms with E-state index in [0.29, 0.717) is 16.3 Å². The van der Waals surface area contributed by atoms with Crippen molar-refractivity contribution >= 4 is 35.2 Å². The number of benzene rings is 2. The number of phenolic OH excluding ortho intramolecular Hbond substituents is 1. The van der Waals surface area contributed by atoms with Crippen LogP contribution in [0.2, 0.25) is 5.02 Å². The molecule has 0 bridgehead atoms.